The van der Waals surface area contributed by atoms with Crippen LogP contribution in [0.4, 0.5) is 0 Å². The van der Waals surface area contributed by atoms with Gasteiger partial charge in [0.2, 0.25) is 0 Å². The van der Waals surface area contributed by atoms with Crippen LogP contribution < -0.4 is 0 Å². The van der Waals surface area contributed by atoms with Gasteiger partial charge >= 0.3 is 17.9 Å². The van der Waals surface area contributed by atoms with Crippen molar-refractivity contribution in [3.05, 3.63) is 257 Å². The van der Waals surface area contributed by atoms with E-state index in [9.17, 15) is 36.5 Å². The van der Waals surface area contributed by atoms with Crippen molar-refractivity contribution in [1.29, 1.82) is 0 Å². The molecule has 1 aliphatic carbocycles. The Morgan fingerprint density at radius 2 is 0.729 bits per heavy atom. The Labute approximate surface area is 487 Å². The Morgan fingerprint density at radius 3 is 1.12 bits per heavy atom. The van der Waals surface area contributed by atoms with Crippen LogP contribution in [-0.4, -0.2) is 117 Å². The summed E-state index contributed by atoms with van der Waals surface area (Å²) in [6.45, 7) is -0.532. The van der Waals surface area contributed by atoms with E-state index in [1.54, 1.807) is 54.6 Å². The van der Waals surface area contributed by atoms with Gasteiger partial charge in [0.15, 0.2) is 30.9 Å². The van der Waals surface area contributed by atoms with Gasteiger partial charge in [-0.05, 0) is 88.1 Å². The molecule has 0 aromatic heterocycles. The highest BCUT2D eigenvalue weighted by Gasteiger charge is 2.56. The Kier molecular flexibility index (Phi) is 21.9. The second-order valence-corrected chi connectivity index (χ2v) is 19.8. The van der Waals surface area contributed by atoms with E-state index in [-0.39, 0.29) is 55.9 Å². The molecule has 9 rings (SSSR count). The molecule has 2 aliphatic heterocycles. The van der Waals surface area contributed by atoms with Crippen molar-refractivity contribution in [2.45, 2.75) is 118 Å². The van der Waals surface area contributed by atoms with Crippen LogP contribution in [0.15, 0.2) is 202 Å². The van der Waals surface area contributed by atoms with Crippen molar-refractivity contribution < 1.29 is 61.8 Å². The van der Waals surface area contributed by atoms with E-state index in [2.05, 4.69) is 40.1 Å². The van der Waals surface area contributed by atoms with Gasteiger partial charge in [0.1, 0.15) is 24.4 Å². The molecule has 85 heavy (non-hydrogen) atoms. The van der Waals surface area contributed by atoms with Crippen LogP contribution in [0.1, 0.15) is 60.6 Å². The van der Waals surface area contributed by atoms with Crippen molar-refractivity contribution in [3.8, 4) is 0 Å². The lowest BCUT2D eigenvalue weighted by Gasteiger charge is -2.48. The molecule has 0 spiro atoms. The van der Waals surface area contributed by atoms with Crippen LogP contribution in [0.2, 0.25) is 0 Å². The first-order valence-electron chi connectivity index (χ1n) is 27.2. The molecular formula is C60H58N12O13. The number of hydrogen-bond acceptors (Lipinski definition) is 17. The number of ether oxygens (including phenoxy) is 10. The summed E-state index contributed by atoms with van der Waals surface area (Å²) in [5.41, 5.74) is 42.4. The Morgan fingerprint density at radius 1 is 0.400 bits per heavy atom. The Bertz CT molecular complexity index is 3330. The van der Waals surface area contributed by atoms with Gasteiger partial charge in [-0.3, -0.25) is 0 Å². The molecule has 3 aliphatic rings. The molecule has 6 aromatic carbocycles. The molecular weight excluding hydrogens is 1100 g/mol. The molecule has 0 N–H and O–H groups in total. The van der Waals surface area contributed by atoms with E-state index in [0.29, 0.717) is 0 Å². The zero-order valence-corrected chi connectivity index (χ0v) is 45.5. The van der Waals surface area contributed by atoms with E-state index in [1.165, 1.54) is 36.4 Å². The summed E-state index contributed by atoms with van der Waals surface area (Å²) in [5, 5.41) is 15.9. The topological polar surface area (TPSA) is 339 Å². The van der Waals surface area contributed by atoms with E-state index in [0.717, 1.165) is 16.7 Å². The van der Waals surface area contributed by atoms with Crippen LogP contribution in [0.3, 0.4) is 0 Å². The number of carbonyl (C=O) groups excluding carboxylic acids is 3. The Balaban J connectivity index is 1.07. The smallest absolute Gasteiger partial charge is 0.338 e. The maximum Gasteiger partial charge on any atom is 0.338 e. The first-order valence-corrected chi connectivity index (χ1v) is 27.2. The zero-order chi connectivity index (χ0) is 59.2. The summed E-state index contributed by atoms with van der Waals surface area (Å²) in [5.74, 6) is -2.76. The monoisotopic (exact) mass is 1150 g/mol. The fourth-order valence-electron chi connectivity index (χ4n) is 10.2. The van der Waals surface area contributed by atoms with E-state index < -0.39 is 110 Å². The van der Waals surface area contributed by atoms with Gasteiger partial charge in [0.05, 0.1) is 80.0 Å². The van der Waals surface area contributed by atoms with E-state index >= 15 is 0 Å². The zero-order valence-electron chi connectivity index (χ0n) is 45.5. The SMILES string of the molecule is [N-]=[N+]=NC[C@@H]1O[C@H](O[C@@H]2C[C@@H](N=[N+]=[N-])[C@H](O[C@H]3O[C@H](CN=[N+]=[N-])[C@@H](OCc4ccccc4)[C@H](OCc4ccccc4)[C@H]3OCc3ccccc3)C[C@H]2N=[N+]=[N-])[C@@H](OC(=O)c2ccccc2)[C@H](OC(=O)c2ccccc2)[C@H]1OC(=O)c1ccccc1. The normalized spacial score (nSPS) is 26.1. The number of benzene rings is 6. The molecule has 436 valence electrons. The standard InChI is InChI=1S/C60H58N12O13/c61-69-65-33-48-50(76-35-38-19-7-1-8-20-38)52(77-36-39-21-9-2-10-22-39)54(78-37-40-23-11-3-12-24-40)59(81-48)79-46-31-45(68-72-64)47(32-44(46)67-71-63)80-60-55(85-58(75)43-29-17-6-18-30-43)53(84-57(74)42-27-15-5-16-28-42)51(49(82-60)34-66-70-62)83-56(73)41-25-13-4-14-26-41/h1-30,44-55,59-60H,31-37H2/t44-,45-,46-,47-,48-,49+,50-,51+,52+,53-,54-,55+,59+,60+/m1/s1. The van der Waals surface area contributed by atoms with Gasteiger partial charge in [-0.2, -0.15) is 0 Å². The number of rotatable bonds is 25. The summed E-state index contributed by atoms with van der Waals surface area (Å²) >= 11 is 0. The summed E-state index contributed by atoms with van der Waals surface area (Å²) in [7, 11) is 0. The van der Waals surface area contributed by atoms with E-state index in [1.807, 2.05) is 91.0 Å². The number of hydrogen-bond donors (Lipinski definition) is 0. The molecule has 0 unspecified atom stereocenters. The molecule has 0 amide bonds. The summed E-state index contributed by atoms with van der Waals surface area (Å²) in [4.78, 5) is 54.7. The lowest BCUT2D eigenvalue weighted by Crippen LogP contribution is -2.64. The summed E-state index contributed by atoms with van der Waals surface area (Å²) in [6, 6.07) is 49.5. The van der Waals surface area contributed by atoms with Crippen molar-refractivity contribution in [3.63, 3.8) is 0 Å². The predicted molar refractivity (Wildman–Crippen MR) is 302 cm³/mol. The summed E-state index contributed by atoms with van der Waals surface area (Å²) in [6.07, 6.45) is -16.7. The average Bonchev–Trinajstić information content (AvgIpc) is 2.72. The van der Waals surface area contributed by atoms with Crippen molar-refractivity contribution in [2.75, 3.05) is 13.1 Å². The maximum atomic E-state index is 14.2. The lowest BCUT2D eigenvalue weighted by molar-refractivity contribution is -0.335. The molecule has 6 aromatic rings. The third-order valence-corrected chi connectivity index (χ3v) is 14.3. The number of azide groups is 4. The first kappa shape index (κ1) is 60.3. The highest BCUT2D eigenvalue weighted by atomic mass is 16.7. The van der Waals surface area contributed by atoms with Gasteiger partial charge in [0.25, 0.3) is 0 Å². The second-order valence-electron chi connectivity index (χ2n) is 19.8. The first-order chi connectivity index (χ1) is 41.7. The van der Waals surface area contributed by atoms with E-state index in [4.69, 9.17) is 47.4 Å². The predicted octanol–water partition coefficient (Wildman–Crippen LogP) is 11.4. The molecule has 3 fully saturated rings. The molecule has 0 bridgehead atoms. The van der Waals surface area contributed by atoms with Crippen LogP contribution >= 0.6 is 0 Å². The lowest BCUT2D eigenvalue weighted by atomic mass is 9.86. The minimum Gasteiger partial charge on any atom is -0.452 e. The van der Waals surface area contributed by atoms with Gasteiger partial charge in [-0.15, -0.1) is 0 Å². The number of esters is 3. The fraction of sp³-hybridized carbons (Fsp3) is 0.350. The molecule has 0 radical (unpaired) electrons. The average molecular weight is 1160 g/mol. The summed E-state index contributed by atoms with van der Waals surface area (Å²) < 4.78 is 65.6. The van der Waals surface area contributed by atoms with Gasteiger partial charge in [-0.1, -0.05) is 166 Å². The quantitative estimate of drug-likeness (QED) is 0.0169. The van der Waals surface area contributed by atoms with Crippen LogP contribution in [0.5, 0.6) is 0 Å². The molecule has 25 nitrogen and oxygen atoms in total. The third kappa shape index (κ3) is 16.3. The molecule has 2 saturated heterocycles. The van der Waals surface area contributed by atoms with Crippen molar-refractivity contribution in [1.82, 2.24) is 0 Å². The second kappa shape index (κ2) is 30.8. The van der Waals surface area contributed by atoms with Crippen LogP contribution in [0.25, 0.3) is 41.8 Å². The largest absolute Gasteiger partial charge is 0.452 e. The maximum absolute atomic E-state index is 14.2. The highest BCUT2D eigenvalue weighted by molar-refractivity contribution is 5.91. The Hall–Kier alpha value is -9.31. The van der Waals surface area contributed by atoms with Gasteiger partial charge in [0, 0.05) is 19.6 Å². The minimum absolute atomic E-state index is 0.0418. The molecule has 25 heteroatoms. The van der Waals surface area contributed by atoms with Gasteiger partial charge in [-0.25, -0.2) is 14.4 Å². The highest BCUT2D eigenvalue weighted by Crippen LogP contribution is 2.39. The number of nitrogens with zero attached hydrogens (tertiary/aromatic N) is 12. The third-order valence-electron chi connectivity index (χ3n) is 14.3. The minimum atomic E-state index is -1.79. The molecule has 14 atom stereocenters. The van der Waals surface area contributed by atoms with Crippen LogP contribution in [0, 0.1) is 0 Å². The van der Waals surface area contributed by atoms with Crippen molar-refractivity contribution in [2.24, 2.45) is 20.5 Å². The van der Waals surface area contributed by atoms with Gasteiger partial charge < -0.3 is 47.4 Å². The molecule has 2 heterocycles. The number of carbonyl (C=O) groups is 3. The molecule has 1 saturated carbocycles. The van der Waals surface area contributed by atoms with Crippen LogP contribution in [-0.2, 0) is 67.2 Å². The fourth-order valence-corrected chi connectivity index (χ4v) is 10.2. The van der Waals surface area contributed by atoms with Crippen molar-refractivity contribution >= 4 is 17.9 Å².